The Bertz CT molecular complexity index is 849. The van der Waals surface area contributed by atoms with Gasteiger partial charge < -0.3 is 15.3 Å². The molecule has 0 aliphatic carbocycles. The topological polar surface area (TPSA) is 60.7 Å². The summed E-state index contributed by atoms with van der Waals surface area (Å²) in [5.41, 5.74) is 6.25. The largest absolute Gasteiger partial charge is 0.507 e. The fourth-order valence-electron chi connectivity index (χ4n) is 3.23. The fourth-order valence-corrected chi connectivity index (χ4v) is 3.23. The molecular weight excluding hydrogens is 324 g/mol. The lowest BCUT2D eigenvalue weighted by atomic mass is 9.93. The summed E-state index contributed by atoms with van der Waals surface area (Å²) in [7, 11) is 0. The number of para-hydroxylation sites is 1. The molecule has 0 saturated heterocycles. The van der Waals surface area contributed by atoms with Crippen molar-refractivity contribution in [3.63, 3.8) is 0 Å². The number of aromatic hydroxyl groups is 3. The van der Waals surface area contributed by atoms with Crippen LogP contribution in [0.1, 0.15) is 29.7 Å². The van der Waals surface area contributed by atoms with E-state index in [1.54, 1.807) is 0 Å². The molecule has 0 amide bonds. The van der Waals surface area contributed by atoms with Crippen LogP contribution in [0.25, 0.3) is 22.3 Å². The maximum absolute atomic E-state index is 10.9. The molecule has 0 saturated carbocycles. The molecule has 3 aromatic rings. The Morgan fingerprint density at radius 1 is 0.538 bits per heavy atom. The SMILES string of the molecule is C.Cc1cc(-c2cccc(-c3cc(C)c(O)c(C)c3)c2O)cc(C)c1O. The average Bonchev–Trinajstić information content (AvgIpc) is 2.57. The Morgan fingerprint density at radius 2 is 0.846 bits per heavy atom. The van der Waals surface area contributed by atoms with Gasteiger partial charge in [-0.3, -0.25) is 0 Å². The van der Waals surface area contributed by atoms with E-state index in [0.717, 1.165) is 33.4 Å². The molecule has 0 fully saturated rings. The normalized spacial score (nSPS) is 10.5. The standard InChI is InChI=1S/C22H22O3.CH4/c1-12-8-16(9-13(2)20(12)23)18-6-5-7-19(22(18)25)17-10-14(3)21(24)15(4)11-17;/h5-11,23-25H,1-4H3;1H4. The zero-order valence-corrected chi connectivity index (χ0v) is 14.9. The van der Waals surface area contributed by atoms with Crippen LogP contribution in [-0.2, 0) is 0 Å². The molecule has 3 aromatic carbocycles. The molecule has 0 unspecified atom stereocenters. The maximum atomic E-state index is 10.9. The highest BCUT2D eigenvalue weighted by Gasteiger charge is 2.14. The number of rotatable bonds is 2. The van der Waals surface area contributed by atoms with E-state index in [0.29, 0.717) is 11.1 Å². The number of phenolic OH excluding ortho intramolecular Hbond substituents is 3. The summed E-state index contributed by atoms with van der Waals surface area (Å²) in [4.78, 5) is 0. The van der Waals surface area contributed by atoms with Gasteiger partial charge in [0.05, 0.1) is 0 Å². The number of hydrogen-bond donors (Lipinski definition) is 3. The minimum absolute atomic E-state index is 0. The first-order valence-corrected chi connectivity index (χ1v) is 8.22. The van der Waals surface area contributed by atoms with Gasteiger partial charge in [0, 0.05) is 11.1 Å². The molecule has 0 heterocycles. The third-order valence-corrected chi connectivity index (χ3v) is 4.64. The average molecular weight is 350 g/mol. The predicted octanol–water partition coefficient (Wildman–Crippen LogP) is 6.01. The summed E-state index contributed by atoms with van der Waals surface area (Å²) in [5.74, 6) is 0.754. The first-order chi connectivity index (χ1) is 11.8. The van der Waals surface area contributed by atoms with Crippen molar-refractivity contribution in [3.8, 4) is 39.5 Å². The van der Waals surface area contributed by atoms with Crippen molar-refractivity contribution in [2.75, 3.05) is 0 Å². The van der Waals surface area contributed by atoms with Crippen molar-refractivity contribution >= 4 is 0 Å². The van der Waals surface area contributed by atoms with Gasteiger partial charge in [-0.2, -0.15) is 0 Å². The van der Waals surface area contributed by atoms with Crippen molar-refractivity contribution < 1.29 is 15.3 Å². The Kier molecular flexibility index (Phi) is 5.31. The molecule has 0 atom stereocenters. The maximum Gasteiger partial charge on any atom is 0.131 e. The van der Waals surface area contributed by atoms with E-state index in [1.165, 1.54) is 0 Å². The fraction of sp³-hybridized carbons (Fsp3) is 0.217. The van der Waals surface area contributed by atoms with Crippen molar-refractivity contribution in [1.29, 1.82) is 0 Å². The Labute approximate surface area is 155 Å². The molecule has 136 valence electrons. The highest BCUT2D eigenvalue weighted by Crippen LogP contribution is 2.41. The molecule has 3 heteroatoms. The molecule has 26 heavy (non-hydrogen) atoms. The molecule has 0 aliphatic heterocycles. The van der Waals surface area contributed by atoms with Gasteiger partial charge in [0.2, 0.25) is 0 Å². The molecule has 3 rings (SSSR count). The van der Waals surface area contributed by atoms with E-state index < -0.39 is 0 Å². The van der Waals surface area contributed by atoms with Gasteiger partial charge in [0.1, 0.15) is 17.2 Å². The molecule has 3 N–H and O–H groups in total. The second-order valence-electron chi connectivity index (χ2n) is 6.62. The van der Waals surface area contributed by atoms with Gasteiger partial charge in [0.25, 0.3) is 0 Å². The van der Waals surface area contributed by atoms with Gasteiger partial charge in [-0.25, -0.2) is 0 Å². The van der Waals surface area contributed by atoms with Crippen LogP contribution in [0.5, 0.6) is 17.2 Å². The molecule has 0 aromatic heterocycles. The zero-order valence-electron chi connectivity index (χ0n) is 14.9. The second-order valence-corrected chi connectivity index (χ2v) is 6.62. The minimum atomic E-state index is 0. The summed E-state index contributed by atoms with van der Waals surface area (Å²) in [6, 6.07) is 13.1. The molecule has 0 bridgehead atoms. The van der Waals surface area contributed by atoms with Gasteiger partial charge >= 0.3 is 0 Å². The van der Waals surface area contributed by atoms with E-state index in [-0.39, 0.29) is 24.7 Å². The van der Waals surface area contributed by atoms with Crippen molar-refractivity contribution in [2.45, 2.75) is 35.1 Å². The summed E-state index contributed by atoms with van der Waals surface area (Å²) < 4.78 is 0. The monoisotopic (exact) mass is 350 g/mol. The van der Waals surface area contributed by atoms with Crippen molar-refractivity contribution in [3.05, 3.63) is 64.7 Å². The van der Waals surface area contributed by atoms with E-state index in [4.69, 9.17) is 0 Å². The Balaban J connectivity index is 0.00000243. The van der Waals surface area contributed by atoms with Crippen LogP contribution < -0.4 is 0 Å². The highest BCUT2D eigenvalue weighted by molar-refractivity contribution is 5.83. The van der Waals surface area contributed by atoms with E-state index in [1.807, 2.05) is 70.2 Å². The summed E-state index contributed by atoms with van der Waals surface area (Å²) in [6.07, 6.45) is 0. The van der Waals surface area contributed by atoms with Gasteiger partial charge in [-0.1, -0.05) is 25.6 Å². The van der Waals surface area contributed by atoms with Crippen LogP contribution >= 0.6 is 0 Å². The zero-order chi connectivity index (χ0) is 18.3. The lowest BCUT2D eigenvalue weighted by Crippen LogP contribution is -1.89. The Morgan fingerprint density at radius 3 is 1.15 bits per heavy atom. The molecule has 0 aliphatic rings. The quantitative estimate of drug-likeness (QED) is 0.530. The lowest BCUT2D eigenvalue weighted by molar-refractivity contribution is 0.466. The second kappa shape index (κ2) is 7.12. The van der Waals surface area contributed by atoms with Crippen LogP contribution in [0.4, 0.5) is 0 Å². The minimum Gasteiger partial charge on any atom is -0.507 e. The van der Waals surface area contributed by atoms with Gasteiger partial charge in [0.15, 0.2) is 0 Å². The predicted molar refractivity (Wildman–Crippen MR) is 108 cm³/mol. The van der Waals surface area contributed by atoms with E-state index in [9.17, 15) is 15.3 Å². The van der Waals surface area contributed by atoms with Gasteiger partial charge in [-0.15, -0.1) is 0 Å². The molecule has 0 radical (unpaired) electrons. The van der Waals surface area contributed by atoms with Crippen LogP contribution in [0.15, 0.2) is 42.5 Å². The van der Waals surface area contributed by atoms with Crippen molar-refractivity contribution in [1.82, 2.24) is 0 Å². The van der Waals surface area contributed by atoms with Crippen LogP contribution in [-0.4, -0.2) is 15.3 Å². The van der Waals surface area contributed by atoms with Gasteiger partial charge in [-0.05, 0) is 85.3 Å². The smallest absolute Gasteiger partial charge is 0.131 e. The molecule has 3 nitrogen and oxygen atoms in total. The van der Waals surface area contributed by atoms with E-state index >= 15 is 0 Å². The van der Waals surface area contributed by atoms with Crippen molar-refractivity contribution in [2.24, 2.45) is 0 Å². The highest BCUT2D eigenvalue weighted by atomic mass is 16.3. The molecular formula is C23H26O3. The van der Waals surface area contributed by atoms with Crippen LogP contribution in [0, 0.1) is 27.7 Å². The summed E-state index contributed by atoms with van der Waals surface area (Å²) >= 11 is 0. The Hall–Kier alpha value is -2.94. The number of hydrogen-bond acceptors (Lipinski definition) is 3. The third-order valence-electron chi connectivity index (χ3n) is 4.64. The molecule has 0 spiro atoms. The third kappa shape index (κ3) is 3.25. The number of phenols is 3. The lowest BCUT2D eigenvalue weighted by Gasteiger charge is -2.14. The first kappa shape index (κ1) is 19.4. The van der Waals surface area contributed by atoms with Crippen LogP contribution in [0.3, 0.4) is 0 Å². The van der Waals surface area contributed by atoms with Crippen LogP contribution in [0.2, 0.25) is 0 Å². The van der Waals surface area contributed by atoms with E-state index in [2.05, 4.69) is 0 Å². The first-order valence-electron chi connectivity index (χ1n) is 8.22. The summed E-state index contributed by atoms with van der Waals surface area (Å²) in [6.45, 7) is 7.39. The number of benzene rings is 3. The summed E-state index contributed by atoms with van der Waals surface area (Å²) in [5, 5.41) is 30.8. The number of aryl methyl sites for hydroxylation is 4.